The van der Waals surface area contributed by atoms with Crippen molar-refractivity contribution < 1.29 is 32.2 Å². The third-order valence-electron chi connectivity index (χ3n) is 7.58. The smallest absolute Gasteiger partial charge is 0.430 e. The number of rotatable bonds is 6. The molecule has 2 aliphatic heterocycles. The van der Waals surface area contributed by atoms with Crippen molar-refractivity contribution in [1.29, 1.82) is 0 Å². The predicted octanol–water partition coefficient (Wildman–Crippen LogP) is 4.40. The molecule has 2 heterocycles. The Bertz CT molecular complexity index is 1080. The van der Waals surface area contributed by atoms with E-state index in [1.807, 2.05) is 31.2 Å². The molecule has 1 spiro atoms. The van der Waals surface area contributed by atoms with Crippen molar-refractivity contribution >= 4 is 11.8 Å². The summed E-state index contributed by atoms with van der Waals surface area (Å²) >= 11 is 0. The van der Waals surface area contributed by atoms with Gasteiger partial charge < -0.3 is 19.7 Å². The molecule has 4 rings (SSSR count). The van der Waals surface area contributed by atoms with Gasteiger partial charge in [0.05, 0.1) is 6.61 Å². The topological polar surface area (TPSA) is 67.9 Å². The summed E-state index contributed by atoms with van der Waals surface area (Å²) in [5, 5.41) is 2.94. The number of para-hydroxylation sites is 1. The fraction of sp³-hybridized carbons (Fsp3) is 0.481. The minimum Gasteiger partial charge on any atom is -0.494 e. The number of hydrogen-bond acceptors (Lipinski definition) is 4. The molecule has 2 aromatic carbocycles. The molecule has 0 aromatic heterocycles. The van der Waals surface area contributed by atoms with Crippen LogP contribution in [0.1, 0.15) is 43.2 Å². The highest BCUT2D eigenvalue weighted by Crippen LogP contribution is 2.52. The summed E-state index contributed by atoms with van der Waals surface area (Å²) < 4.78 is 54.1. The maximum atomic E-state index is 14.4. The van der Waals surface area contributed by atoms with Crippen LogP contribution < -0.4 is 10.1 Å². The Balaban J connectivity index is 1.63. The quantitative estimate of drug-likeness (QED) is 0.633. The summed E-state index contributed by atoms with van der Waals surface area (Å²) in [6.07, 6.45) is -3.93. The van der Waals surface area contributed by atoms with Crippen LogP contribution in [0.15, 0.2) is 54.6 Å². The predicted molar refractivity (Wildman–Crippen MR) is 127 cm³/mol. The van der Waals surface area contributed by atoms with Gasteiger partial charge in [-0.2, -0.15) is 13.2 Å². The average Bonchev–Trinajstić information content (AvgIpc) is 2.86. The number of carbonyl (C=O) groups is 2. The number of hydrogen-bond donors (Lipinski definition) is 1. The molecule has 6 nitrogen and oxygen atoms in total. The van der Waals surface area contributed by atoms with Crippen molar-refractivity contribution in [2.45, 2.75) is 43.9 Å². The first-order valence-corrected chi connectivity index (χ1v) is 12.1. The second-order valence-electron chi connectivity index (χ2n) is 9.41. The number of ether oxygens (including phenoxy) is 2. The van der Waals surface area contributed by atoms with Crippen LogP contribution in [-0.4, -0.2) is 56.2 Å². The van der Waals surface area contributed by atoms with Crippen molar-refractivity contribution in [3.05, 3.63) is 65.7 Å². The molecule has 2 fully saturated rings. The minimum absolute atomic E-state index is 0.0841. The maximum Gasteiger partial charge on any atom is 0.430 e. The number of likely N-dealkylation sites (tertiary alicyclic amines) is 1. The number of nitrogens with zero attached hydrogens (tertiary/aromatic N) is 1. The van der Waals surface area contributed by atoms with E-state index in [1.54, 1.807) is 6.07 Å². The van der Waals surface area contributed by atoms with Gasteiger partial charge in [-0.3, -0.25) is 9.59 Å². The maximum absolute atomic E-state index is 14.4. The standard InChI is InChI=1S/C27H31F3N2O4/c1-3-36-22-12-8-7-11-20(22)21-18-31-23(33)17-25(21)13-15-32(16-14-25)24(34)26(35-2,27(28,29)30)19-9-5-4-6-10-19/h4-12,21H,3,13-18H2,1-2H3,(H,31,33)/t21?,26-/m1/s1. The first kappa shape index (κ1) is 26.0. The summed E-state index contributed by atoms with van der Waals surface area (Å²) in [4.78, 5) is 27.2. The van der Waals surface area contributed by atoms with E-state index in [2.05, 4.69) is 5.32 Å². The lowest BCUT2D eigenvalue weighted by Crippen LogP contribution is -2.60. The Morgan fingerprint density at radius 3 is 2.33 bits per heavy atom. The van der Waals surface area contributed by atoms with Crippen LogP contribution in [0.3, 0.4) is 0 Å². The van der Waals surface area contributed by atoms with Crippen molar-refractivity contribution in [3.8, 4) is 5.75 Å². The lowest BCUT2D eigenvalue weighted by molar-refractivity contribution is -0.271. The highest BCUT2D eigenvalue weighted by atomic mass is 19.4. The molecule has 0 bridgehead atoms. The summed E-state index contributed by atoms with van der Waals surface area (Å²) in [5.74, 6) is -0.575. The third-order valence-corrected chi connectivity index (χ3v) is 7.58. The largest absolute Gasteiger partial charge is 0.494 e. The van der Waals surface area contributed by atoms with Gasteiger partial charge in [-0.15, -0.1) is 0 Å². The van der Waals surface area contributed by atoms with Gasteiger partial charge in [0.15, 0.2) is 0 Å². The fourth-order valence-corrected chi connectivity index (χ4v) is 5.74. The molecule has 0 aliphatic carbocycles. The Labute approximate surface area is 208 Å². The van der Waals surface area contributed by atoms with Gasteiger partial charge >= 0.3 is 6.18 Å². The lowest BCUT2D eigenvalue weighted by Gasteiger charge is -2.50. The van der Waals surface area contributed by atoms with E-state index in [0.29, 0.717) is 26.0 Å². The molecule has 2 aromatic rings. The number of carbonyl (C=O) groups excluding carboxylic acids is 2. The second-order valence-corrected chi connectivity index (χ2v) is 9.41. The molecule has 2 atom stereocenters. The molecule has 1 N–H and O–H groups in total. The van der Waals surface area contributed by atoms with E-state index in [4.69, 9.17) is 9.47 Å². The molecular formula is C27H31F3N2O4. The summed E-state index contributed by atoms with van der Waals surface area (Å²) in [7, 11) is 0.913. The van der Waals surface area contributed by atoms with E-state index in [-0.39, 0.29) is 36.9 Å². The molecular weight excluding hydrogens is 473 g/mol. The zero-order chi connectivity index (χ0) is 26.0. The first-order valence-electron chi connectivity index (χ1n) is 12.1. The SMILES string of the molecule is CCOc1ccccc1C1CNC(=O)CC12CCN(C(=O)[C@](OC)(c1ccccc1)C(F)(F)F)CC2. The van der Waals surface area contributed by atoms with E-state index in [0.717, 1.165) is 18.4 Å². The van der Waals surface area contributed by atoms with Crippen LogP contribution >= 0.6 is 0 Å². The van der Waals surface area contributed by atoms with Gasteiger partial charge in [0, 0.05) is 44.6 Å². The van der Waals surface area contributed by atoms with Gasteiger partial charge in [0.2, 0.25) is 5.91 Å². The molecule has 9 heteroatoms. The van der Waals surface area contributed by atoms with E-state index in [9.17, 15) is 22.8 Å². The number of nitrogens with one attached hydrogen (secondary N) is 1. The summed E-state index contributed by atoms with van der Waals surface area (Å²) in [6, 6.07) is 14.7. The lowest BCUT2D eigenvalue weighted by atomic mass is 9.62. The van der Waals surface area contributed by atoms with Gasteiger partial charge in [-0.1, -0.05) is 48.5 Å². The molecule has 1 unspecified atom stereocenters. The zero-order valence-electron chi connectivity index (χ0n) is 20.4. The van der Waals surface area contributed by atoms with Gasteiger partial charge in [0.1, 0.15) is 5.75 Å². The highest BCUT2D eigenvalue weighted by Gasteiger charge is 2.64. The molecule has 36 heavy (non-hydrogen) atoms. The van der Waals surface area contributed by atoms with Crippen LogP contribution in [0, 0.1) is 5.41 Å². The number of benzene rings is 2. The Hall–Kier alpha value is -3.07. The highest BCUT2D eigenvalue weighted by molar-refractivity contribution is 5.88. The second kappa shape index (κ2) is 10.1. The van der Waals surface area contributed by atoms with Crippen LogP contribution in [0.25, 0.3) is 0 Å². The van der Waals surface area contributed by atoms with E-state index >= 15 is 0 Å². The van der Waals surface area contributed by atoms with Crippen molar-refractivity contribution in [2.24, 2.45) is 5.41 Å². The van der Waals surface area contributed by atoms with Crippen LogP contribution in [0.5, 0.6) is 5.75 Å². The van der Waals surface area contributed by atoms with Crippen molar-refractivity contribution in [3.63, 3.8) is 0 Å². The average molecular weight is 505 g/mol. The molecule has 2 amide bonds. The molecule has 0 radical (unpaired) electrons. The minimum atomic E-state index is -4.96. The van der Waals surface area contributed by atoms with E-state index < -0.39 is 23.1 Å². The number of piperidine rings is 2. The first-order chi connectivity index (χ1) is 17.2. The Morgan fingerprint density at radius 1 is 1.08 bits per heavy atom. The monoisotopic (exact) mass is 504 g/mol. The van der Waals surface area contributed by atoms with Crippen molar-refractivity contribution in [2.75, 3.05) is 33.4 Å². The Kier molecular flexibility index (Phi) is 7.31. The number of methoxy groups -OCH3 is 1. The van der Waals surface area contributed by atoms with Gasteiger partial charge in [-0.25, -0.2) is 0 Å². The molecule has 2 aliphatic rings. The van der Waals surface area contributed by atoms with Crippen LogP contribution in [0.4, 0.5) is 13.2 Å². The third kappa shape index (κ3) is 4.45. The normalized spacial score (nSPS) is 21.5. The van der Waals surface area contributed by atoms with Gasteiger partial charge in [0.25, 0.3) is 11.5 Å². The summed E-state index contributed by atoms with van der Waals surface area (Å²) in [5.41, 5.74) is -2.88. The Morgan fingerprint density at radius 2 is 1.72 bits per heavy atom. The number of amides is 2. The van der Waals surface area contributed by atoms with Crippen molar-refractivity contribution in [1.82, 2.24) is 10.2 Å². The molecule has 2 saturated heterocycles. The van der Waals surface area contributed by atoms with Crippen LogP contribution in [0.2, 0.25) is 0 Å². The van der Waals surface area contributed by atoms with Gasteiger partial charge in [-0.05, 0) is 36.8 Å². The number of alkyl halides is 3. The number of halogens is 3. The van der Waals surface area contributed by atoms with E-state index in [1.165, 1.54) is 29.2 Å². The zero-order valence-corrected chi connectivity index (χ0v) is 20.4. The summed E-state index contributed by atoms with van der Waals surface area (Å²) in [6.45, 7) is 2.97. The molecule has 0 saturated carbocycles. The van der Waals surface area contributed by atoms with Crippen LogP contribution in [-0.2, 0) is 19.9 Å². The molecule has 194 valence electrons. The fourth-order valence-electron chi connectivity index (χ4n) is 5.74.